The Hall–Kier alpha value is -0.0400. The van der Waals surface area contributed by atoms with Gasteiger partial charge >= 0.3 is 0 Å². The number of nitrogens with one attached hydrogen (secondary N) is 1. The topological polar surface area (TPSA) is 12.0 Å². The molecular formula is C16H29N. The number of hydrogen-bond acceptors (Lipinski definition) is 1. The van der Waals surface area contributed by atoms with Crippen LogP contribution in [0.1, 0.15) is 64.7 Å². The molecule has 0 aromatic rings. The van der Waals surface area contributed by atoms with Crippen molar-refractivity contribution in [1.29, 1.82) is 0 Å². The van der Waals surface area contributed by atoms with Gasteiger partial charge in [-0.15, -0.1) is 0 Å². The predicted molar refractivity (Wildman–Crippen MR) is 73.0 cm³/mol. The fraction of sp³-hybridized carbons (Fsp3) is 1.00. The molecule has 0 radical (unpaired) electrons. The SMILES string of the molecule is CCNCCCCC12CC3CC(CC(C3)C1)C2. The van der Waals surface area contributed by atoms with Gasteiger partial charge in [0.15, 0.2) is 0 Å². The zero-order valence-electron chi connectivity index (χ0n) is 11.5. The molecule has 4 fully saturated rings. The maximum Gasteiger partial charge on any atom is -0.00490 e. The van der Waals surface area contributed by atoms with Gasteiger partial charge in [-0.05, 0) is 87.6 Å². The van der Waals surface area contributed by atoms with Gasteiger partial charge < -0.3 is 5.32 Å². The molecule has 0 spiro atoms. The van der Waals surface area contributed by atoms with E-state index in [1.807, 2.05) is 0 Å². The number of hydrogen-bond donors (Lipinski definition) is 1. The highest BCUT2D eigenvalue weighted by molar-refractivity contribution is 5.01. The molecule has 98 valence electrons. The van der Waals surface area contributed by atoms with Crippen LogP contribution in [0.4, 0.5) is 0 Å². The molecule has 0 heterocycles. The van der Waals surface area contributed by atoms with Gasteiger partial charge in [0.2, 0.25) is 0 Å². The second kappa shape index (κ2) is 4.91. The van der Waals surface area contributed by atoms with Crippen molar-refractivity contribution in [2.24, 2.45) is 23.2 Å². The first-order chi connectivity index (χ1) is 8.30. The van der Waals surface area contributed by atoms with Crippen LogP contribution in [-0.4, -0.2) is 13.1 Å². The Balaban J connectivity index is 1.49. The lowest BCUT2D eigenvalue weighted by Gasteiger charge is -2.57. The molecule has 4 aliphatic carbocycles. The molecule has 0 atom stereocenters. The summed E-state index contributed by atoms with van der Waals surface area (Å²) >= 11 is 0. The summed E-state index contributed by atoms with van der Waals surface area (Å²) < 4.78 is 0. The molecule has 4 saturated carbocycles. The molecule has 17 heavy (non-hydrogen) atoms. The summed E-state index contributed by atoms with van der Waals surface area (Å²) in [5.74, 6) is 3.40. The molecular weight excluding hydrogens is 206 g/mol. The lowest BCUT2D eigenvalue weighted by molar-refractivity contribution is -0.0582. The van der Waals surface area contributed by atoms with E-state index >= 15 is 0 Å². The minimum absolute atomic E-state index is 0.820. The quantitative estimate of drug-likeness (QED) is 0.687. The summed E-state index contributed by atoms with van der Waals surface area (Å²) in [7, 11) is 0. The fourth-order valence-electron chi connectivity index (χ4n) is 5.52. The van der Waals surface area contributed by atoms with Gasteiger partial charge in [-0.3, -0.25) is 0 Å². The van der Waals surface area contributed by atoms with Gasteiger partial charge in [-0.1, -0.05) is 13.3 Å². The Labute approximate surface area is 107 Å². The fourth-order valence-corrected chi connectivity index (χ4v) is 5.52. The summed E-state index contributed by atoms with van der Waals surface area (Å²) in [4.78, 5) is 0. The van der Waals surface area contributed by atoms with Gasteiger partial charge in [0.25, 0.3) is 0 Å². The second-order valence-corrected chi connectivity index (χ2v) is 7.23. The van der Waals surface area contributed by atoms with Crippen LogP contribution in [0.25, 0.3) is 0 Å². The lowest BCUT2D eigenvalue weighted by Crippen LogP contribution is -2.45. The third kappa shape index (κ3) is 2.54. The highest BCUT2D eigenvalue weighted by Gasteiger charge is 2.50. The van der Waals surface area contributed by atoms with Gasteiger partial charge in [0.05, 0.1) is 0 Å². The summed E-state index contributed by atoms with van der Waals surface area (Å²) in [6.45, 7) is 4.58. The third-order valence-corrected chi connectivity index (χ3v) is 5.73. The van der Waals surface area contributed by atoms with E-state index in [1.165, 1.54) is 19.4 Å². The van der Waals surface area contributed by atoms with Crippen molar-refractivity contribution in [1.82, 2.24) is 5.32 Å². The first kappa shape index (κ1) is 12.0. The van der Waals surface area contributed by atoms with E-state index in [2.05, 4.69) is 12.2 Å². The highest BCUT2D eigenvalue weighted by Crippen LogP contribution is 2.61. The van der Waals surface area contributed by atoms with Crippen molar-refractivity contribution in [2.75, 3.05) is 13.1 Å². The molecule has 0 aromatic carbocycles. The normalized spacial score (nSPS) is 43.2. The van der Waals surface area contributed by atoms with E-state index in [0.717, 1.165) is 29.7 Å². The average Bonchev–Trinajstić information content (AvgIpc) is 2.26. The second-order valence-electron chi connectivity index (χ2n) is 7.23. The Bertz CT molecular complexity index is 223. The summed E-state index contributed by atoms with van der Waals surface area (Å²) in [5.41, 5.74) is 0.820. The van der Waals surface area contributed by atoms with E-state index in [1.54, 1.807) is 44.9 Å². The molecule has 1 heteroatoms. The third-order valence-electron chi connectivity index (χ3n) is 5.73. The zero-order chi connectivity index (χ0) is 11.7. The van der Waals surface area contributed by atoms with Crippen LogP contribution in [0.2, 0.25) is 0 Å². The molecule has 4 aliphatic rings. The molecule has 0 aliphatic heterocycles. The number of rotatable bonds is 6. The molecule has 1 nitrogen and oxygen atoms in total. The summed E-state index contributed by atoms with van der Waals surface area (Å²) in [6.07, 6.45) is 14.0. The Morgan fingerprint density at radius 2 is 1.53 bits per heavy atom. The minimum Gasteiger partial charge on any atom is -0.317 e. The average molecular weight is 235 g/mol. The van der Waals surface area contributed by atoms with Crippen LogP contribution >= 0.6 is 0 Å². The largest absolute Gasteiger partial charge is 0.317 e. The van der Waals surface area contributed by atoms with Crippen molar-refractivity contribution >= 4 is 0 Å². The van der Waals surface area contributed by atoms with E-state index < -0.39 is 0 Å². The lowest BCUT2D eigenvalue weighted by atomic mass is 9.48. The molecule has 1 N–H and O–H groups in total. The van der Waals surface area contributed by atoms with E-state index in [4.69, 9.17) is 0 Å². The molecule has 0 aromatic heterocycles. The summed E-state index contributed by atoms with van der Waals surface area (Å²) in [6, 6.07) is 0. The highest BCUT2D eigenvalue weighted by atomic mass is 14.8. The smallest absolute Gasteiger partial charge is 0.00490 e. The van der Waals surface area contributed by atoms with Crippen LogP contribution < -0.4 is 5.32 Å². The van der Waals surface area contributed by atoms with E-state index in [9.17, 15) is 0 Å². The summed E-state index contributed by atoms with van der Waals surface area (Å²) in [5, 5.41) is 3.46. The van der Waals surface area contributed by atoms with Crippen molar-refractivity contribution in [3.05, 3.63) is 0 Å². The van der Waals surface area contributed by atoms with Crippen molar-refractivity contribution < 1.29 is 0 Å². The van der Waals surface area contributed by atoms with Crippen molar-refractivity contribution in [2.45, 2.75) is 64.7 Å². The minimum atomic E-state index is 0.820. The Kier molecular flexibility index (Phi) is 3.47. The standard InChI is InChI=1S/C16H29N/c1-2-17-6-4-3-5-16-10-13-7-14(11-16)9-15(8-13)12-16/h13-15,17H,2-12H2,1H3. The first-order valence-electron chi connectivity index (χ1n) is 8.00. The molecule has 0 unspecified atom stereocenters. The van der Waals surface area contributed by atoms with Gasteiger partial charge in [-0.25, -0.2) is 0 Å². The van der Waals surface area contributed by atoms with Gasteiger partial charge in [0.1, 0.15) is 0 Å². The van der Waals surface area contributed by atoms with Crippen molar-refractivity contribution in [3.63, 3.8) is 0 Å². The Morgan fingerprint density at radius 1 is 0.941 bits per heavy atom. The van der Waals surface area contributed by atoms with Gasteiger partial charge in [-0.2, -0.15) is 0 Å². The monoisotopic (exact) mass is 235 g/mol. The van der Waals surface area contributed by atoms with Crippen LogP contribution in [-0.2, 0) is 0 Å². The van der Waals surface area contributed by atoms with Crippen LogP contribution in [0.15, 0.2) is 0 Å². The van der Waals surface area contributed by atoms with E-state index in [0.29, 0.717) is 0 Å². The maximum absolute atomic E-state index is 3.46. The zero-order valence-corrected chi connectivity index (χ0v) is 11.5. The van der Waals surface area contributed by atoms with Crippen molar-refractivity contribution in [3.8, 4) is 0 Å². The predicted octanol–water partition coefficient (Wildman–Crippen LogP) is 3.98. The molecule has 0 saturated heterocycles. The molecule has 0 amide bonds. The number of unbranched alkanes of at least 4 members (excludes halogenated alkanes) is 1. The molecule has 4 rings (SSSR count). The van der Waals surface area contributed by atoms with Gasteiger partial charge in [0, 0.05) is 0 Å². The van der Waals surface area contributed by atoms with E-state index in [-0.39, 0.29) is 0 Å². The van der Waals surface area contributed by atoms with Crippen LogP contribution in [0.5, 0.6) is 0 Å². The molecule has 4 bridgehead atoms. The first-order valence-corrected chi connectivity index (χ1v) is 8.00. The van der Waals surface area contributed by atoms with Crippen LogP contribution in [0.3, 0.4) is 0 Å². The van der Waals surface area contributed by atoms with Crippen LogP contribution in [0, 0.1) is 23.2 Å². The maximum atomic E-state index is 3.46. The Morgan fingerprint density at radius 3 is 2.06 bits per heavy atom.